The third kappa shape index (κ3) is 4.47. The van der Waals surface area contributed by atoms with Crippen molar-refractivity contribution in [3.8, 4) is 5.75 Å². The minimum Gasteiger partial charge on any atom is -0.507 e. The summed E-state index contributed by atoms with van der Waals surface area (Å²) in [7, 11) is 4.17. The van der Waals surface area contributed by atoms with Gasteiger partial charge in [-0.15, -0.1) is 0 Å². The number of rotatable bonds is 4. The van der Waals surface area contributed by atoms with Crippen LogP contribution in [-0.2, 0) is 12.0 Å². The Labute approximate surface area is 131 Å². The Morgan fingerprint density at radius 3 is 1.95 bits per heavy atom. The first kappa shape index (κ1) is 18.0. The maximum absolute atomic E-state index is 10.7. The van der Waals surface area contributed by atoms with E-state index >= 15 is 0 Å². The molecule has 120 valence electrons. The highest BCUT2D eigenvalue weighted by atomic mass is 16.3. The van der Waals surface area contributed by atoms with Crippen LogP contribution in [0.5, 0.6) is 5.75 Å². The fraction of sp³-hybridized carbons (Fsp3) is 0.684. The quantitative estimate of drug-likeness (QED) is 0.862. The van der Waals surface area contributed by atoms with Crippen LogP contribution in [0.1, 0.15) is 63.3 Å². The third-order valence-corrected chi connectivity index (χ3v) is 4.16. The number of hydrogen-bond donors (Lipinski definition) is 1. The first-order valence-electron chi connectivity index (χ1n) is 7.82. The SMILES string of the molecule is Cc1c(CN(C)C)cc(C(C)(C)CC(C)(C)C)c(O)c1C. The first-order valence-corrected chi connectivity index (χ1v) is 7.82. The molecule has 2 heteroatoms. The fourth-order valence-electron chi connectivity index (χ4n) is 3.41. The maximum Gasteiger partial charge on any atom is 0.122 e. The molecule has 2 nitrogen and oxygen atoms in total. The smallest absolute Gasteiger partial charge is 0.122 e. The lowest BCUT2D eigenvalue weighted by molar-refractivity contribution is 0.278. The zero-order valence-corrected chi connectivity index (χ0v) is 15.4. The van der Waals surface area contributed by atoms with Gasteiger partial charge in [0, 0.05) is 12.1 Å². The lowest BCUT2D eigenvalue weighted by Crippen LogP contribution is -2.26. The van der Waals surface area contributed by atoms with Gasteiger partial charge in [0.15, 0.2) is 0 Å². The predicted octanol–water partition coefficient (Wildman–Crippen LogP) is 4.78. The average Bonchev–Trinajstić information content (AvgIpc) is 2.26. The van der Waals surface area contributed by atoms with Crippen molar-refractivity contribution >= 4 is 0 Å². The summed E-state index contributed by atoms with van der Waals surface area (Å²) in [5.41, 5.74) is 4.81. The Morgan fingerprint density at radius 2 is 1.52 bits per heavy atom. The number of aromatic hydroxyl groups is 1. The van der Waals surface area contributed by atoms with Crippen LogP contribution in [0.4, 0.5) is 0 Å². The minimum absolute atomic E-state index is 0.0398. The second-order valence-electron chi connectivity index (χ2n) is 8.54. The zero-order valence-electron chi connectivity index (χ0n) is 15.4. The van der Waals surface area contributed by atoms with E-state index in [2.05, 4.69) is 66.6 Å². The van der Waals surface area contributed by atoms with Gasteiger partial charge < -0.3 is 10.0 Å². The van der Waals surface area contributed by atoms with E-state index in [4.69, 9.17) is 0 Å². The zero-order chi connectivity index (χ0) is 16.6. The van der Waals surface area contributed by atoms with Crippen LogP contribution in [0.3, 0.4) is 0 Å². The molecule has 0 fully saturated rings. The topological polar surface area (TPSA) is 23.5 Å². The number of benzene rings is 1. The summed E-state index contributed by atoms with van der Waals surface area (Å²) in [6.07, 6.45) is 1.04. The molecule has 0 bridgehead atoms. The van der Waals surface area contributed by atoms with Crippen LogP contribution in [0, 0.1) is 19.3 Å². The van der Waals surface area contributed by atoms with Crippen molar-refractivity contribution < 1.29 is 5.11 Å². The largest absolute Gasteiger partial charge is 0.507 e. The van der Waals surface area contributed by atoms with E-state index in [0.29, 0.717) is 5.75 Å². The van der Waals surface area contributed by atoms with Gasteiger partial charge in [0.05, 0.1) is 0 Å². The van der Waals surface area contributed by atoms with Crippen LogP contribution >= 0.6 is 0 Å². The van der Waals surface area contributed by atoms with E-state index in [0.717, 1.165) is 24.1 Å². The third-order valence-electron chi connectivity index (χ3n) is 4.16. The minimum atomic E-state index is -0.0398. The van der Waals surface area contributed by atoms with Crippen molar-refractivity contribution in [3.05, 3.63) is 28.3 Å². The van der Waals surface area contributed by atoms with Crippen LogP contribution in [0.25, 0.3) is 0 Å². The molecule has 0 heterocycles. The Bertz CT molecular complexity index is 507. The first-order chi connectivity index (χ1) is 9.35. The van der Waals surface area contributed by atoms with E-state index in [9.17, 15) is 5.11 Å². The summed E-state index contributed by atoms with van der Waals surface area (Å²) >= 11 is 0. The van der Waals surface area contributed by atoms with E-state index < -0.39 is 0 Å². The van der Waals surface area contributed by atoms with Crippen molar-refractivity contribution in [1.29, 1.82) is 0 Å². The van der Waals surface area contributed by atoms with Gasteiger partial charge in [0.25, 0.3) is 0 Å². The summed E-state index contributed by atoms with van der Waals surface area (Å²) in [4.78, 5) is 2.18. The summed E-state index contributed by atoms with van der Waals surface area (Å²) in [6.45, 7) is 16.3. The van der Waals surface area contributed by atoms with E-state index in [1.165, 1.54) is 11.1 Å². The maximum atomic E-state index is 10.7. The molecule has 0 aliphatic carbocycles. The van der Waals surface area contributed by atoms with Crippen molar-refractivity contribution in [3.63, 3.8) is 0 Å². The Hall–Kier alpha value is -1.02. The second-order valence-corrected chi connectivity index (χ2v) is 8.54. The summed E-state index contributed by atoms with van der Waals surface area (Å²) in [5.74, 6) is 0.476. The Balaban J connectivity index is 3.38. The molecular formula is C19H33NO. The van der Waals surface area contributed by atoms with Gasteiger partial charge in [-0.05, 0) is 68.0 Å². The molecule has 1 aromatic carbocycles. The van der Waals surface area contributed by atoms with Crippen LogP contribution in [0.2, 0.25) is 0 Å². The van der Waals surface area contributed by atoms with Gasteiger partial charge in [-0.3, -0.25) is 0 Å². The molecule has 0 spiro atoms. The van der Waals surface area contributed by atoms with Crippen molar-refractivity contribution in [2.24, 2.45) is 5.41 Å². The van der Waals surface area contributed by atoms with Crippen LogP contribution in [-0.4, -0.2) is 24.1 Å². The van der Waals surface area contributed by atoms with Gasteiger partial charge in [0.1, 0.15) is 5.75 Å². The van der Waals surface area contributed by atoms with Crippen molar-refractivity contribution in [1.82, 2.24) is 4.90 Å². The fourth-order valence-corrected chi connectivity index (χ4v) is 3.41. The van der Waals surface area contributed by atoms with Gasteiger partial charge in [-0.1, -0.05) is 34.6 Å². The molecule has 1 N–H and O–H groups in total. The molecule has 0 aromatic heterocycles. The second kappa shape index (κ2) is 6.00. The Morgan fingerprint density at radius 1 is 1.00 bits per heavy atom. The summed E-state index contributed by atoms with van der Waals surface area (Å²) < 4.78 is 0. The molecule has 0 atom stereocenters. The van der Waals surface area contributed by atoms with Crippen molar-refractivity contribution in [2.75, 3.05) is 14.1 Å². The lowest BCUT2D eigenvalue weighted by Gasteiger charge is -2.34. The van der Waals surface area contributed by atoms with E-state index in [-0.39, 0.29) is 10.8 Å². The predicted molar refractivity (Wildman–Crippen MR) is 92.1 cm³/mol. The highest BCUT2D eigenvalue weighted by molar-refractivity contribution is 5.51. The molecule has 1 rings (SSSR count). The highest BCUT2D eigenvalue weighted by Crippen LogP contribution is 2.42. The van der Waals surface area contributed by atoms with E-state index in [1.807, 2.05) is 6.92 Å². The highest BCUT2D eigenvalue weighted by Gasteiger charge is 2.31. The molecule has 0 aliphatic rings. The monoisotopic (exact) mass is 291 g/mol. The summed E-state index contributed by atoms with van der Waals surface area (Å²) in [6, 6.07) is 2.21. The molecule has 1 aromatic rings. The summed E-state index contributed by atoms with van der Waals surface area (Å²) in [5, 5.41) is 10.7. The van der Waals surface area contributed by atoms with Gasteiger partial charge >= 0.3 is 0 Å². The number of phenols is 1. The molecule has 0 amide bonds. The Kier molecular flexibility index (Phi) is 5.15. The van der Waals surface area contributed by atoms with Crippen LogP contribution < -0.4 is 0 Å². The lowest BCUT2D eigenvalue weighted by atomic mass is 9.71. The van der Waals surface area contributed by atoms with Crippen molar-refractivity contribution in [2.45, 2.75) is 66.8 Å². The van der Waals surface area contributed by atoms with E-state index in [1.54, 1.807) is 0 Å². The molecule has 0 saturated carbocycles. The van der Waals surface area contributed by atoms with Crippen LogP contribution in [0.15, 0.2) is 6.07 Å². The molecule has 0 radical (unpaired) electrons. The van der Waals surface area contributed by atoms with Gasteiger partial charge in [-0.2, -0.15) is 0 Å². The molecule has 0 saturated heterocycles. The van der Waals surface area contributed by atoms with Gasteiger partial charge in [-0.25, -0.2) is 0 Å². The molecule has 0 aliphatic heterocycles. The van der Waals surface area contributed by atoms with Gasteiger partial charge in [0.2, 0.25) is 0 Å². The number of phenolic OH excluding ortho intramolecular Hbond substituents is 1. The number of hydrogen-bond acceptors (Lipinski definition) is 2. The standard InChI is InChI=1S/C19H33NO/c1-13-14(2)17(21)16(10-15(13)11-20(8)9)19(6,7)12-18(3,4)5/h10,21H,11-12H2,1-9H3. The molecule has 0 unspecified atom stereocenters. The molecule has 21 heavy (non-hydrogen) atoms. The average molecular weight is 291 g/mol. The number of nitrogens with zero attached hydrogens (tertiary/aromatic N) is 1. The molecular weight excluding hydrogens is 258 g/mol. The normalized spacial score (nSPS) is 13.0.